The molecule has 0 aliphatic rings. The summed E-state index contributed by atoms with van der Waals surface area (Å²) in [4.78, 5) is 22.6. The number of hydrogen-bond acceptors (Lipinski definition) is 4. The van der Waals surface area contributed by atoms with E-state index in [0.717, 1.165) is 4.47 Å². The van der Waals surface area contributed by atoms with Crippen LogP contribution in [0.2, 0.25) is 0 Å². The van der Waals surface area contributed by atoms with Crippen molar-refractivity contribution >= 4 is 33.2 Å². The molecule has 25 heavy (non-hydrogen) atoms. The van der Waals surface area contributed by atoms with Gasteiger partial charge in [0.2, 0.25) is 0 Å². The third-order valence-corrected chi connectivity index (χ3v) is 4.15. The maximum atomic E-state index is 12.3. The predicted octanol–water partition coefficient (Wildman–Crippen LogP) is 5.18. The molecule has 1 aromatic heterocycles. The van der Waals surface area contributed by atoms with Crippen LogP contribution in [-0.2, 0) is 0 Å². The van der Waals surface area contributed by atoms with Gasteiger partial charge >= 0.3 is 0 Å². The summed E-state index contributed by atoms with van der Waals surface area (Å²) < 4.78 is 6.53. The zero-order valence-corrected chi connectivity index (χ0v) is 14.7. The molecule has 126 valence electrons. The Bertz CT molecular complexity index is 948. The molecule has 1 amide bonds. The lowest BCUT2D eigenvalue weighted by Gasteiger charge is -2.04. The summed E-state index contributed by atoms with van der Waals surface area (Å²) in [5.41, 5.74) is 2.07. The third-order valence-electron chi connectivity index (χ3n) is 3.62. The van der Waals surface area contributed by atoms with Crippen molar-refractivity contribution in [2.24, 2.45) is 0 Å². The number of hydrogen-bond donors (Lipinski definition) is 1. The fourth-order valence-corrected chi connectivity index (χ4v) is 2.63. The van der Waals surface area contributed by atoms with Crippen molar-refractivity contribution in [3.05, 3.63) is 80.5 Å². The zero-order valence-electron chi connectivity index (χ0n) is 13.2. The molecule has 1 N–H and O–H groups in total. The number of amides is 1. The van der Waals surface area contributed by atoms with Gasteiger partial charge in [-0.25, -0.2) is 0 Å². The first kappa shape index (κ1) is 16.9. The zero-order chi connectivity index (χ0) is 18.0. The Hall–Kier alpha value is -2.93. The van der Waals surface area contributed by atoms with E-state index in [0.29, 0.717) is 22.6 Å². The quantitative estimate of drug-likeness (QED) is 0.482. The lowest BCUT2D eigenvalue weighted by Crippen LogP contribution is -2.10. The van der Waals surface area contributed by atoms with Crippen molar-refractivity contribution in [2.75, 3.05) is 5.32 Å². The Morgan fingerprint density at radius 3 is 2.48 bits per heavy atom. The lowest BCUT2D eigenvalue weighted by atomic mass is 10.1. The van der Waals surface area contributed by atoms with E-state index >= 15 is 0 Å². The van der Waals surface area contributed by atoms with Crippen LogP contribution in [0.1, 0.15) is 16.1 Å². The Morgan fingerprint density at radius 1 is 1.12 bits per heavy atom. The molecule has 3 rings (SSSR count). The summed E-state index contributed by atoms with van der Waals surface area (Å²) in [7, 11) is 0. The molecular weight excluding hydrogens is 388 g/mol. The van der Waals surface area contributed by atoms with Crippen molar-refractivity contribution in [1.82, 2.24) is 0 Å². The molecule has 0 aliphatic heterocycles. The van der Waals surface area contributed by atoms with Gasteiger partial charge in [0.15, 0.2) is 5.76 Å². The minimum absolute atomic E-state index is 0.0148. The topological polar surface area (TPSA) is 85.4 Å². The van der Waals surface area contributed by atoms with E-state index in [-0.39, 0.29) is 17.4 Å². The van der Waals surface area contributed by atoms with Gasteiger partial charge in [0, 0.05) is 27.9 Å². The van der Waals surface area contributed by atoms with Gasteiger partial charge in [-0.3, -0.25) is 14.9 Å². The van der Waals surface area contributed by atoms with Gasteiger partial charge in [-0.1, -0.05) is 15.9 Å². The van der Waals surface area contributed by atoms with E-state index in [4.69, 9.17) is 4.42 Å². The standard InChI is InChI=1S/C18H13BrN2O4/c1-11-10-14(21(23)24)6-7-15(11)16-8-9-17(25-16)18(22)20-13-4-2-12(19)3-5-13/h2-10H,1H3,(H,20,22). The summed E-state index contributed by atoms with van der Waals surface area (Å²) in [6.45, 7) is 1.76. The molecule has 6 nitrogen and oxygen atoms in total. The highest BCUT2D eigenvalue weighted by Gasteiger charge is 2.15. The highest BCUT2D eigenvalue weighted by atomic mass is 79.9. The fourth-order valence-electron chi connectivity index (χ4n) is 2.37. The molecule has 0 saturated heterocycles. The van der Waals surface area contributed by atoms with E-state index in [1.165, 1.54) is 12.1 Å². The first-order valence-electron chi connectivity index (χ1n) is 7.36. The Morgan fingerprint density at radius 2 is 1.84 bits per heavy atom. The number of nitrogens with zero attached hydrogens (tertiary/aromatic N) is 1. The van der Waals surface area contributed by atoms with Crippen LogP contribution in [0.4, 0.5) is 11.4 Å². The maximum absolute atomic E-state index is 12.3. The van der Waals surface area contributed by atoms with Crippen molar-refractivity contribution in [3.63, 3.8) is 0 Å². The molecule has 2 aromatic carbocycles. The van der Waals surface area contributed by atoms with Crippen LogP contribution in [0.5, 0.6) is 0 Å². The number of aryl methyl sites for hydroxylation is 1. The number of carbonyl (C=O) groups excluding carboxylic acids is 1. The largest absolute Gasteiger partial charge is 0.451 e. The van der Waals surface area contributed by atoms with E-state index in [1.807, 2.05) is 12.1 Å². The number of nitro groups is 1. The van der Waals surface area contributed by atoms with Crippen molar-refractivity contribution in [1.29, 1.82) is 0 Å². The molecule has 1 heterocycles. The number of rotatable bonds is 4. The summed E-state index contributed by atoms with van der Waals surface area (Å²) in [5.74, 6) is 0.275. The van der Waals surface area contributed by atoms with Gasteiger partial charge in [0.05, 0.1) is 4.92 Å². The van der Waals surface area contributed by atoms with Gasteiger partial charge < -0.3 is 9.73 Å². The number of carbonyl (C=O) groups is 1. The average Bonchev–Trinajstić information content (AvgIpc) is 3.06. The molecule has 0 atom stereocenters. The van der Waals surface area contributed by atoms with Gasteiger partial charge in [-0.2, -0.15) is 0 Å². The molecule has 0 aliphatic carbocycles. The first-order valence-corrected chi connectivity index (χ1v) is 8.15. The van der Waals surface area contributed by atoms with Gasteiger partial charge in [-0.05, 0) is 55.0 Å². The van der Waals surface area contributed by atoms with Gasteiger partial charge in [-0.15, -0.1) is 0 Å². The van der Waals surface area contributed by atoms with Crippen molar-refractivity contribution in [2.45, 2.75) is 6.92 Å². The number of halogens is 1. The van der Waals surface area contributed by atoms with Crippen molar-refractivity contribution < 1.29 is 14.1 Å². The van der Waals surface area contributed by atoms with E-state index in [2.05, 4.69) is 21.2 Å². The van der Waals surface area contributed by atoms with Crippen LogP contribution in [0.3, 0.4) is 0 Å². The van der Waals surface area contributed by atoms with E-state index < -0.39 is 4.92 Å². The summed E-state index contributed by atoms with van der Waals surface area (Å²) in [5, 5.41) is 13.6. The molecule has 3 aromatic rings. The smallest absolute Gasteiger partial charge is 0.291 e. The number of non-ortho nitro benzene ring substituents is 1. The van der Waals surface area contributed by atoms with Gasteiger partial charge in [0.1, 0.15) is 5.76 Å². The Labute approximate surface area is 151 Å². The van der Waals surface area contributed by atoms with Gasteiger partial charge in [0.25, 0.3) is 11.6 Å². The Kier molecular flexibility index (Phi) is 4.67. The molecule has 7 heteroatoms. The summed E-state index contributed by atoms with van der Waals surface area (Å²) in [6.07, 6.45) is 0. The number of furan rings is 1. The summed E-state index contributed by atoms with van der Waals surface area (Å²) >= 11 is 3.33. The SMILES string of the molecule is Cc1cc([N+](=O)[O-])ccc1-c1ccc(C(=O)Nc2ccc(Br)cc2)o1. The molecule has 0 radical (unpaired) electrons. The van der Waals surface area contributed by atoms with Crippen molar-refractivity contribution in [3.8, 4) is 11.3 Å². The minimum Gasteiger partial charge on any atom is -0.451 e. The molecule has 0 unspecified atom stereocenters. The fraction of sp³-hybridized carbons (Fsp3) is 0.0556. The highest BCUT2D eigenvalue weighted by molar-refractivity contribution is 9.10. The van der Waals surface area contributed by atoms with Crippen LogP contribution in [0.15, 0.2) is 63.5 Å². The monoisotopic (exact) mass is 400 g/mol. The second-order valence-corrected chi connectivity index (χ2v) is 6.30. The third kappa shape index (κ3) is 3.77. The van der Waals surface area contributed by atoms with Crippen LogP contribution >= 0.6 is 15.9 Å². The molecule has 0 bridgehead atoms. The summed E-state index contributed by atoms with van der Waals surface area (Å²) in [6, 6.07) is 14.9. The highest BCUT2D eigenvalue weighted by Crippen LogP contribution is 2.28. The normalized spacial score (nSPS) is 10.5. The number of benzene rings is 2. The van der Waals surface area contributed by atoms with E-state index in [9.17, 15) is 14.9 Å². The lowest BCUT2D eigenvalue weighted by molar-refractivity contribution is -0.384. The van der Waals surface area contributed by atoms with E-state index in [1.54, 1.807) is 37.3 Å². The molecule has 0 saturated carbocycles. The molecule has 0 spiro atoms. The average molecular weight is 401 g/mol. The minimum atomic E-state index is -0.448. The first-order chi connectivity index (χ1) is 11.9. The van der Waals surface area contributed by atoms with Crippen LogP contribution in [0, 0.1) is 17.0 Å². The number of anilines is 1. The molecular formula is C18H13BrN2O4. The second kappa shape index (κ2) is 6.90. The predicted molar refractivity (Wildman–Crippen MR) is 97.6 cm³/mol. The number of nitrogens with one attached hydrogen (secondary N) is 1. The maximum Gasteiger partial charge on any atom is 0.291 e. The van der Waals surface area contributed by atoms with Crippen LogP contribution in [-0.4, -0.2) is 10.8 Å². The Balaban J connectivity index is 1.81. The number of nitro benzene ring substituents is 1. The van der Waals surface area contributed by atoms with Crippen LogP contribution in [0.25, 0.3) is 11.3 Å². The second-order valence-electron chi connectivity index (χ2n) is 5.38. The molecule has 0 fully saturated rings. The van der Waals surface area contributed by atoms with Crippen LogP contribution < -0.4 is 5.32 Å².